The third-order valence-electron chi connectivity index (χ3n) is 4.25. The number of amides is 1. The van der Waals surface area contributed by atoms with E-state index in [0.717, 1.165) is 11.3 Å². The van der Waals surface area contributed by atoms with Crippen LogP contribution in [0.2, 0.25) is 5.02 Å². The summed E-state index contributed by atoms with van der Waals surface area (Å²) in [5, 5.41) is 9.18. The summed E-state index contributed by atoms with van der Waals surface area (Å²) in [5.41, 5.74) is 1.38. The lowest BCUT2D eigenvalue weighted by Gasteiger charge is -2.12. The van der Waals surface area contributed by atoms with Crippen LogP contribution >= 0.6 is 22.9 Å². The summed E-state index contributed by atoms with van der Waals surface area (Å²) in [6, 6.07) is 14.3. The largest absolute Gasteiger partial charge is 0.296 e. The van der Waals surface area contributed by atoms with E-state index in [-0.39, 0.29) is 16.6 Å². The van der Waals surface area contributed by atoms with E-state index < -0.39 is 11.3 Å². The van der Waals surface area contributed by atoms with Crippen molar-refractivity contribution in [1.29, 1.82) is 0 Å². The second-order valence-corrected chi connectivity index (χ2v) is 7.63. The number of thiazole rings is 1. The van der Waals surface area contributed by atoms with E-state index in [4.69, 9.17) is 11.6 Å². The molecule has 6 nitrogen and oxygen atoms in total. The monoisotopic (exact) mass is 440 g/mol. The molecule has 0 aliphatic rings. The number of para-hydroxylation sites is 1. The second-order valence-electron chi connectivity index (χ2n) is 6.36. The van der Waals surface area contributed by atoms with Crippen molar-refractivity contribution in [2.45, 2.75) is 6.92 Å². The van der Waals surface area contributed by atoms with Gasteiger partial charge in [-0.3, -0.25) is 14.9 Å². The maximum Gasteiger partial charge on any atom is 0.281 e. The first kappa shape index (κ1) is 19.9. The van der Waals surface area contributed by atoms with Crippen LogP contribution in [0, 0.1) is 12.7 Å². The van der Waals surface area contributed by atoms with Gasteiger partial charge in [-0.15, -0.1) is 11.3 Å². The van der Waals surface area contributed by atoms with E-state index in [1.807, 2.05) is 0 Å². The Labute approximate surface area is 179 Å². The number of hydrogen-bond acceptors (Lipinski definition) is 5. The van der Waals surface area contributed by atoms with Crippen molar-refractivity contribution in [3.05, 3.63) is 92.4 Å². The van der Waals surface area contributed by atoms with E-state index in [1.165, 1.54) is 22.9 Å². The molecular weight excluding hydrogens is 427 g/mol. The average molecular weight is 441 g/mol. The van der Waals surface area contributed by atoms with Gasteiger partial charge in [0.1, 0.15) is 5.82 Å². The second kappa shape index (κ2) is 8.17. The summed E-state index contributed by atoms with van der Waals surface area (Å²) in [6.45, 7) is 1.70. The first-order valence-corrected chi connectivity index (χ1v) is 10.1. The zero-order chi connectivity index (χ0) is 21.3. The van der Waals surface area contributed by atoms with Crippen molar-refractivity contribution in [3.63, 3.8) is 0 Å². The van der Waals surface area contributed by atoms with Crippen LogP contribution in [-0.4, -0.2) is 20.7 Å². The first-order chi connectivity index (χ1) is 14.4. The van der Waals surface area contributed by atoms with Gasteiger partial charge in [-0.2, -0.15) is 5.10 Å². The maximum absolute atomic E-state index is 13.4. The molecule has 1 amide bonds. The molecule has 0 aliphatic heterocycles. The fraction of sp³-hybridized carbons (Fsp3) is 0.0476. The van der Waals surface area contributed by atoms with Gasteiger partial charge in [0.15, 0.2) is 10.8 Å². The zero-order valence-electron chi connectivity index (χ0n) is 15.6. The summed E-state index contributed by atoms with van der Waals surface area (Å²) < 4.78 is 14.9. The van der Waals surface area contributed by atoms with Crippen LogP contribution in [0.25, 0.3) is 16.9 Å². The molecule has 0 radical (unpaired) electrons. The fourth-order valence-corrected chi connectivity index (χ4v) is 3.77. The number of anilines is 1. The maximum atomic E-state index is 13.4. The Kier molecular flexibility index (Phi) is 5.43. The quantitative estimate of drug-likeness (QED) is 0.498. The van der Waals surface area contributed by atoms with Crippen molar-refractivity contribution < 1.29 is 9.18 Å². The van der Waals surface area contributed by atoms with Gasteiger partial charge < -0.3 is 0 Å². The topological polar surface area (TPSA) is 76.9 Å². The first-order valence-electron chi connectivity index (χ1n) is 8.81. The molecule has 30 heavy (non-hydrogen) atoms. The summed E-state index contributed by atoms with van der Waals surface area (Å²) in [6.07, 6.45) is 0. The van der Waals surface area contributed by atoms with E-state index >= 15 is 0 Å². The molecule has 0 saturated carbocycles. The number of aromatic nitrogens is 3. The smallest absolute Gasteiger partial charge is 0.281 e. The minimum Gasteiger partial charge on any atom is -0.296 e. The third kappa shape index (κ3) is 4.00. The van der Waals surface area contributed by atoms with Gasteiger partial charge in [-0.1, -0.05) is 35.9 Å². The highest BCUT2D eigenvalue weighted by Crippen LogP contribution is 2.25. The molecule has 0 aliphatic carbocycles. The number of benzene rings is 2. The van der Waals surface area contributed by atoms with Crippen molar-refractivity contribution in [1.82, 2.24) is 14.8 Å². The standard InChI is InChI=1S/C21H14ClFN4O2S/c1-12-9-18(28)19(26-27(12)17-8-3-2-7-15(17)22)20(29)25-21-24-16(11-30-21)13-5-4-6-14(23)10-13/h2-11H,1H3,(H,24,25,29). The summed E-state index contributed by atoms with van der Waals surface area (Å²) in [4.78, 5) is 29.4. The zero-order valence-corrected chi connectivity index (χ0v) is 17.2. The number of carbonyl (C=O) groups excluding carboxylic acids is 1. The van der Waals surface area contributed by atoms with E-state index in [0.29, 0.717) is 27.7 Å². The molecule has 0 bridgehead atoms. The van der Waals surface area contributed by atoms with E-state index in [9.17, 15) is 14.0 Å². The lowest BCUT2D eigenvalue weighted by molar-refractivity contribution is 0.101. The van der Waals surface area contributed by atoms with Crippen molar-refractivity contribution in [2.75, 3.05) is 5.32 Å². The molecule has 1 N–H and O–H groups in total. The van der Waals surface area contributed by atoms with Crippen LogP contribution in [0.1, 0.15) is 16.2 Å². The molecule has 0 atom stereocenters. The van der Waals surface area contributed by atoms with Crippen LogP contribution in [0.3, 0.4) is 0 Å². The van der Waals surface area contributed by atoms with Gasteiger partial charge in [0.25, 0.3) is 5.91 Å². The Hall–Kier alpha value is -3.36. The Morgan fingerprint density at radius 3 is 2.73 bits per heavy atom. The minimum atomic E-state index is -0.694. The van der Waals surface area contributed by atoms with Crippen molar-refractivity contribution >= 4 is 34.0 Å². The molecule has 2 aromatic heterocycles. The number of halogens is 2. The Morgan fingerprint density at radius 2 is 1.97 bits per heavy atom. The predicted molar refractivity (Wildman–Crippen MR) is 115 cm³/mol. The van der Waals surface area contributed by atoms with Crippen LogP contribution in [0.4, 0.5) is 9.52 Å². The summed E-state index contributed by atoms with van der Waals surface area (Å²) >= 11 is 7.39. The van der Waals surface area contributed by atoms with Crippen LogP contribution in [0.15, 0.2) is 64.8 Å². The molecule has 150 valence electrons. The Bertz CT molecular complexity index is 1320. The minimum absolute atomic E-state index is 0.269. The van der Waals surface area contributed by atoms with Gasteiger partial charge in [0.2, 0.25) is 5.43 Å². The number of carbonyl (C=O) groups is 1. The average Bonchev–Trinajstić information content (AvgIpc) is 3.17. The third-order valence-corrected chi connectivity index (χ3v) is 5.33. The lowest BCUT2D eigenvalue weighted by atomic mass is 10.2. The molecule has 0 spiro atoms. The molecule has 9 heteroatoms. The summed E-state index contributed by atoms with van der Waals surface area (Å²) in [5.74, 6) is -1.07. The van der Waals surface area contributed by atoms with E-state index in [2.05, 4.69) is 15.4 Å². The molecule has 4 rings (SSSR count). The molecule has 4 aromatic rings. The number of nitrogens with one attached hydrogen (secondary N) is 1. The molecular formula is C21H14ClFN4O2S. The molecule has 0 fully saturated rings. The number of nitrogens with zero attached hydrogens (tertiary/aromatic N) is 3. The van der Waals surface area contributed by atoms with E-state index in [1.54, 1.807) is 48.7 Å². The van der Waals surface area contributed by atoms with Crippen molar-refractivity contribution in [3.8, 4) is 16.9 Å². The Morgan fingerprint density at radius 1 is 1.17 bits per heavy atom. The van der Waals surface area contributed by atoms with Gasteiger partial charge in [0, 0.05) is 22.7 Å². The highest BCUT2D eigenvalue weighted by molar-refractivity contribution is 7.14. The molecule has 2 aromatic carbocycles. The molecule has 0 unspecified atom stereocenters. The highest BCUT2D eigenvalue weighted by Gasteiger charge is 2.18. The fourth-order valence-electron chi connectivity index (χ4n) is 2.84. The normalized spacial score (nSPS) is 10.8. The predicted octanol–water partition coefficient (Wildman–Crippen LogP) is 4.71. The van der Waals surface area contributed by atoms with Crippen LogP contribution < -0.4 is 10.7 Å². The van der Waals surface area contributed by atoms with Crippen LogP contribution in [-0.2, 0) is 0 Å². The lowest BCUT2D eigenvalue weighted by Crippen LogP contribution is -2.27. The van der Waals surface area contributed by atoms with Gasteiger partial charge in [0.05, 0.1) is 16.4 Å². The van der Waals surface area contributed by atoms with Gasteiger partial charge in [-0.25, -0.2) is 14.1 Å². The number of rotatable bonds is 4. The van der Waals surface area contributed by atoms with Gasteiger partial charge in [-0.05, 0) is 31.2 Å². The van der Waals surface area contributed by atoms with Crippen molar-refractivity contribution in [2.24, 2.45) is 0 Å². The van der Waals surface area contributed by atoms with Gasteiger partial charge >= 0.3 is 0 Å². The van der Waals surface area contributed by atoms with Crippen LogP contribution in [0.5, 0.6) is 0 Å². The number of hydrogen-bond donors (Lipinski definition) is 1. The summed E-state index contributed by atoms with van der Waals surface area (Å²) in [7, 11) is 0. The number of aryl methyl sites for hydroxylation is 1. The SMILES string of the molecule is Cc1cc(=O)c(C(=O)Nc2nc(-c3cccc(F)c3)cs2)nn1-c1ccccc1Cl. The molecule has 2 heterocycles. The Balaban J connectivity index is 1.64. The molecule has 0 saturated heterocycles. The highest BCUT2D eigenvalue weighted by atomic mass is 35.5.